The zero-order chi connectivity index (χ0) is 23.6. The van der Waals surface area contributed by atoms with Crippen molar-refractivity contribution >= 4 is 22.6 Å². The summed E-state index contributed by atoms with van der Waals surface area (Å²) in [7, 11) is 1.56. The number of aryl methyl sites for hydroxylation is 1. The largest absolute Gasteiger partial charge is 0.495 e. The fraction of sp³-hybridized carbons (Fsp3) is 0.400. The summed E-state index contributed by atoms with van der Waals surface area (Å²) in [5.41, 5.74) is 10.8. The molecule has 0 unspecified atom stereocenters. The first-order valence-electron chi connectivity index (χ1n) is 11.5. The van der Waals surface area contributed by atoms with Crippen LogP contribution in [0.15, 0.2) is 23.0 Å². The molecule has 1 amide bonds. The van der Waals surface area contributed by atoms with Gasteiger partial charge in [-0.2, -0.15) is 0 Å². The third-order valence-electron chi connectivity index (χ3n) is 7.23. The Morgan fingerprint density at radius 2 is 2.12 bits per heavy atom. The number of anilines is 1. The lowest BCUT2D eigenvalue weighted by Gasteiger charge is -2.24. The average Bonchev–Trinajstić information content (AvgIpc) is 3.53. The number of carbonyl (C=O) groups excluding carboxylic acids is 1. The lowest BCUT2D eigenvalue weighted by atomic mass is 9.92. The van der Waals surface area contributed by atoms with Gasteiger partial charge in [0.2, 0.25) is 5.56 Å². The molecule has 5 heterocycles. The van der Waals surface area contributed by atoms with Crippen LogP contribution in [0.3, 0.4) is 0 Å². The van der Waals surface area contributed by atoms with E-state index in [1.807, 2.05) is 19.1 Å². The lowest BCUT2D eigenvalue weighted by molar-refractivity contribution is 0.1000. The van der Waals surface area contributed by atoms with E-state index in [2.05, 4.69) is 9.88 Å². The number of methoxy groups -OCH3 is 1. The first-order valence-corrected chi connectivity index (χ1v) is 11.5. The maximum Gasteiger partial charge on any atom is 0.253 e. The number of H-pyrrole nitrogens is 1. The Morgan fingerprint density at radius 1 is 1.26 bits per heavy atom. The molecule has 3 aromatic rings. The molecule has 9 heteroatoms. The average molecular weight is 463 g/mol. The quantitative estimate of drug-likeness (QED) is 0.610. The first-order chi connectivity index (χ1) is 16.4. The Bertz CT molecular complexity index is 1390. The number of primary amides is 1. The Balaban J connectivity index is 1.61. The lowest BCUT2D eigenvalue weighted by Crippen LogP contribution is -2.28. The van der Waals surface area contributed by atoms with Crippen molar-refractivity contribution in [1.29, 1.82) is 0 Å². The molecule has 34 heavy (non-hydrogen) atoms. The van der Waals surface area contributed by atoms with Gasteiger partial charge in [0, 0.05) is 48.2 Å². The molecule has 3 N–H and O–H groups in total. The molecule has 3 aliphatic rings. The van der Waals surface area contributed by atoms with Gasteiger partial charge in [-0.1, -0.05) is 0 Å². The molecule has 0 aliphatic carbocycles. The summed E-state index contributed by atoms with van der Waals surface area (Å²) in [6.07, 6.45) is 1.16. The van der Waals surface area contributed by atoms with Crippen LogP contribution in [-0.4, -0.2) is 48.8 Å². The van der Waals surface area contributed by atoms with E-state index >= 15 is 0 Å². The second kappa shape index (κ2) is 7.82. The molecule has 6 rings (SSSR count). The number of aromatic nitrogens is 2. The van der Waals surface area contributed by atoms with Crippen LogP contribution < -0.4 is 20.9 Å². The maximum absolute atomic E-state index is 13.0. The van der Waals surface area contributed by atoms with Crippen LogP contribution in [0.2, 0.25) is 0 Å². The van der Waals surface area contributed by atoms with Gasteiger partial charge in [-0.15, -0.1) is 0 Å². The van der Waals surface area contributed by atoms with Crippen molar-refractivity contribution in [2.24, 2.45) is 11.7 Å². The minimum atomic E-state index is -0.539. The molecule has 0 radical (unpaired) electrons. The SMILES string of the molecule is COc1cc(-c2c3c(nc(N4C[C@H]5CCO[C@H]5C4)c2C(N)=O)COC3)cc2c(C)cc(=O)[nH]c12. The number of aromatic amines is 1. The number of benzene rings is 1. The molecule has 9 nitrogen and oxygen atoms in total. The van der Waals surface area contributed by atoms with Gasteiger partial charge in [0.15, 0.2) is 0 Å². The third kappa shape index (κ3) is 3.19. The fourth-order valence-electron chi connectivity index (χ4n) is 5.61. The zero-order valence-corrected chi connectivity index (χ0v) is 19.1. The second-order valence-corrected chi connectivity index (χ2v) is 9.25. The monoisotopic (exact) mass is 462 g/mol. The minimum absolute atomic E-state index is 0.149. The van der Waals surface area contributed by atoms with Crippen LogP contribution in [0.25, 0.3) is 22.0 Å². The van der Waals surface area contributed by atoms with Gasteiger partial charge >= 0.3 is 0 Å². The summed E-state index contributed by atoms with van der Waals surface area (Å²) >= 11 is 0. The minimum Gasteiger partial charge on any atom is -0.495 e. The topological polar surface area (TPSA) is 120 Å². The highest BCUT2D eigenvalue weighted by molar-refractivity contribution is 6.06. The number of amides is 1. The number of carbonyl (C=O) groups is 1. The molecule has 2 aromatic heterocycles. The van der Waals surface area contributed by atoms with E-state index in [-0.39, 0.29) is 11.7 Å². The van der Waals surface area contributed by atoms with Crippen molar-refractivity contribution in [2.45, 2.75) is 32.7 Å². The number of nitrogens with two attached hydrogens (primary N) is 1. The van der Waals surface area contributed by atoms with Gasteiger partial charge in [-0.3, -0.25) is 9.59 Å². The van der Waals surface area contributed by atoms with Crippen molar-refractivity contribution in [1.82, 2.24) is 9.97 Å². The molecular weight excluding hydrogens is 436 g/mol. The number of pyridine rings is 2. The summed E-state index contributed by atoms with van der Waals surface area (Å²) in [5.74, 6) is 0.985. The molecule has 0 bridgehead atoms. The third-order valence-corrected chi connectivity index (χ3v) is 7.23. The number of ether oxygens (including phenoxy) is 3. The van der Waals surface area contributed by atoms with Gasteiger partial charge in [-0.25, -0.2) is 4.98 Å². The van der Waals surface area contributed by atoms with E-state index in [4.69, 9.17) is 24.9 Å². The summed E-state index contributed by atoms with van der Waals surface area (Å²) in [6.45, 7) is 4.84. The predicted octanol–water partition coefficient (Wildman–Crippen LogP) is 2.26. The van der Waals surface area contributed by atoms with Crippen LogP contribution in [0.4, 0.5) is 5.82 Å². The number of rotatable bonds is 4. The number of nitrogens with one attached hydrogen (secondary N) is 1. The second-order valence-electron chi connectivity index (χ2n) is 9.25. The Hall–Kier alpha value is -3.43. The Labute approximate surface area is 195 Å². The van der Waals surface area contributed by atoms with E-state index in [0.29, 0.717) is 53.9 Å². The number of hydrogen-bond acceptors (Lipinski definition) is 7. The maximum atomic E-state index is 13.0. The zero-order valence-electron chi connectivity index (χ0n) is 19.1. The van der Waals surface area contributed by atoms with Gasteiger partial charge < -0.3 is 29.8 Å². The van der Waals surface area contributed by atoms with Crippen LogP contribution in [0.1, 0.15) is 33.6 Å². The molecule has 2 saturated heterocycles. The summed E-state index contributed by atoms with van der Waals surface area (Å²) in [5, 5.41) is 0.833. The Kier molecular flexibility index (Phi) is 4.86. The van der Waals surface area contributed by atoms with E-state index < -0.39 is 5.91 Å². The van der Waals surface area contributed by atoms with Crippen LogP contribution in [-0.2, 0) is 22.7 Å². The standard InChI is InChI=1S/C25H26N4O5/c1-12-5-20(30)28-23-15(12)6-14(7-18(23)32-2)21-16-10-33-11-17(16)27-25(22(21)24(26)31)29-8-13-3-4-34-19(13)9-29/h5-7,13,19H,3-4,8-11H2,1-2H3,(H2,26,31)(H,28,30)/t13-,19+/m1/s1. The molecule has 0 saturated carbocycles. The number of fused-ring (bicyclic) bond motifs is 3. The number of nitrogens with zero attached hydrogens (tertiary/aromatic N) is 2. The molecule has 2 fully saturated rings. The van der Waals surface area contributed by atoms with Gasteiger partial charge in [-0.05, 0) is 36.6 Å². The van der Waals surface area contributed by atoms with Crippen molar-refractivity contribution in [3.8, 4) is 16.9 Å². The van der Waals surface area contributed by atoms with Gasteiger partial charge in [0.25, 0.3) is 5.91 Å². The highest BCUT2D eigenvalue weighted by Gasteiger charge is 2.40. The summed E-state index contributed by atoms with van der Waals surface area (Å²) in [6, 6.07) is 5.36. The smallest absolute Gasteiger partial charge is 0.253 e. The molecule has 3 aliphatic heterocycles. The summed E-state index contributed by atoms with van der Waals surface area (Å²) in [4.78, 5) is 34.9. The van der Waals surface area contributed by atoms with Crippen molar-refractivity contribution < 1.29 is 19.0 Å². The van der Waals surface area contributed by atoms with Crippen molar-refractivity contribution in [2.75, 3.05) is 31.7 Å². The van der Waals surface area contributed by atoms with Gasteiger partial charge in [0.05, 0.1) is 43.2 Å². The van der Waals surface area contributed by atoms with Crippen LogP contribution in [0.5, 0.6) is 5.75 Å². The predicted molar refractivity (Wildman–Crippen MR) is 126 cm³/mol. The number of hydrogen-bond donors (Lipinski definition) is 2. The highest BCUT2D eigenvalue weighted by atomic mass is 16.5. The van der Waals surface area contributed by atoms with Crippen LogP contribution >= 0.6 is 0 Å². The van der Waals surface area contributed by atoms with Crippen LogP contribution in [0, 0.1) is 12.8 Å². The van der Waals surface area contributed by atoms with E-state index in [1.165, 1.54) is 0 Å². The Morgan fingerprint density at radius 3 is 2.88 bits per heavy atom. The van der Waals surface area contributed by atoms with Crippen molar-refractivity contribution in [3.05, 3.63) is 50.9 Å². The normalized spacial score (nSPS) is 21.2. The van der Waals surface area contributed by atoms with Gasteiger partial charge in [0.1, 0.15) is 11.6 Å². The van der Waals surface area contributed by atoms with E-state index in [9.17, 15) is 9.59 Å². The van der Waals surface area contributed by atoms with E-state index in [0.717, 1.165) is 47.3 Å². The van der Waals surface area contributed by atoms with Crippen molar-refractivity contribution in [3.63, 3.8) is 0 Å². The molecule has 0 spiro atoms. The highest BCUT2D eigenvalue weighted by Crippen LogP contribution is 2.42. The summed E-state index contributed by atoms with van der Waals surface area (Å²) < 4.78 is 17.3. The molecule has 176 valence electrons. The fourth-order valence-corrected chi connectivity index (χ4v) is 5.61. The molecular formula is C25H26N4O5. The molecule has 1 aromatic carbocycles. The molecule has 2 atom stereocenters. The first kappa shape index (κ1) is 21.1. The van der Waals surface area contributed by atoms with E-state index in [1.54, 1.807) is 13.2 Å².